The first-order valence-electron chi connectivity index (χ1n) is 3.84. The van der Waals surface area contributed by atoms with Crippen LogP contribution in [0.5, 0.6) is 0 Å². The average Bonchev–Trinajstić information content (AvgIpc) is 2.15. The fourth-order valence-corrected chi connectivity index (χ4v) is 0.192. The van der Waals surface area contributed by atoms with Crippen LogP contribution in [0, 0.1) is 0 Å². The van der Waals surface area contributed by atoms with E-state index in [1.54, 1.807) is 0 Å². The van der Waals surface area contributed by atoms with E-state index in [1.807, 2.05) is 0 Å². The molecule has 0 rings (SSSR count). The molecule has 0 heterocycles. The van der Waals surface area contributed by atoms with Crippen molar-refractivity contribution in [3.05, 3.63) is 0 Å². The molecule has 2 atom stereocenters. The van der Waals surface area contributed by atoms with Crippen LogP contribution in [0.25, 0.3) is 0 Å². The van der Waals surface area contributed by atoms with Gasteiger partial charge in [0.2, 0.25) is 0 Å². The van der Waals surface area contributed by atoms with Crippen molar-refractivity contribution >= 4 is 35.0 Å². The molecule has 15 heavy (non-hydrogen) atoms. The molecule has 0 spiro atoms. The maximum atomic E-state index is 9.69. The van der Waals surface area contributed by atoms with Crippen molar-refractivity contribution < 1.29 is 29.3 Å². The van der Waals surface area contributed by atoms with Crippen LogP contribution in [0.1, 0.15) is 13.8 Å². The number of ether oxygens (including phenoxy) is 2. The summed E-state index contributed by atoms with van der Waals surface area (Å²) in [6, 6.07) is 0. The first kappa shape index (κ1) is 20.1. The summed E-state index contributed by atoms with van der Waals surface area (Å²) in [5.41, 5.74) is 0. The van der Waals surface area contributed by atoms with Gasteiger partial charge in [0.1, 0.15) is 0 Å². The minimum absolute atomic E-state index is 0. The Morgan fingerprint density at radius 3 is 1.13 bits per heavy atom. The minimum Gasteiger partial charge on any atom is -0.547 e. The molecule has 0 saturated carbocycles. The number of carbonyl (C=O) groups excluding carboxylic acids is 2. The second-order valence-corrected chi connectivity index (χ2v) is 2.39. The molecular weight excluding hydrogens is 216 g/mol. The molecule has 0 saturated heterocycles. The number of carboxylic acids is 2. The van der Waals surface area contributed by atoms with Gasteiger partial charge in [0.25, 0.3) is 0 Å². The van der Waals surface area contributed by atoms with E-state index >= 15 is 0 Å². The molecule has 84 valence electrons. The molecule has 0 aliphatic rings. The van der Waals surface area contributed by atoms with Crippen molar-refractivity contribution in [2.24, 2.45) is 0 Å². The van der Waals surface area contributed by atoms with E-state index in [-0.39, 0.29) is 23.1 Å². The van der Waals surface area contributed by atoms with Gasteiger partial charge in [-0.1, -0.05) is 0 Å². The predicted molar refractivity (Wildman–Crippen MR) is 48.7 cm³/mol. The van der Waals surface area contributed by atoms with Gasteiger partial charge in [-0.2, -0.15) is 0 Å². The normalized spacial score (nSPS) is 12.5. The fourth-order valence-electron chi connectivity index (χ4n) is 0.192. The van der Waals surface area contributed by atoms with Crippen LogP contribution in [-0.4, -0.2) is 61.4 Å². The zero-order chi connectivity index (χ0) is 11.7. The van der Waals surface area contributed by atoms with Crippen molar-refractivity contribution in [3.63, 3.8) is 0 Å². The summed E-state index contributed by atoms with van der Waals surface area (Å²) >= 11 is 0. The van der Waals surface area contributed by atoms with E-state index < -0.39 is 24.1 Å². The Balaban J connectivity index is -0.000000180. The molecule has 0 fully saturated rings. The van der Waals surface area contributed by atoms with Crippen LogP contribution in [0.4, 0.5) is 0 Å². The second kappa shape index (κ2) is 11.7. The summed E-state index contributed by atoms with van der Waals surface area (Å²) in [5, 5.41) is 19.4. The van der Waals surface area contributed by atoms with Crippen LogP contribution in [0.15, 0.2) is 0 Å². The summed E-state index contributed by atoms with van der Waals surface area (Å²) < 4.78 is 8.70. The Morgan fingerprint density at radius 2 is 1.13 bits per heavy atom. The third-order valence-electron chi connectivity index (χ3n) is 1.37. The quantitative estimate of drug-likeness (QED) is 0.483. The number of hydrogen-bond acceptors (Lipinski definition) is 6. The Bertz CT molecular complexity index is 164. The Labute approximate surface area is 105 Å². The number of rotatable bonds is 4. The van der Waals surface area contributed by atoms with Gasteiger partial charge in [-0.15, -0.1) is 0 Å². The molecule has 0 aliphatic heterocycles. The first-order valence-corrected chi connectivity index (χ1v) is 3.84. The van der Waals surface area contributed by atoms with Gasteiger partial charge in [0.05, 0.1) is 24.1 Å². The number of methoxy groups -OCH3 is 2. The summed E-state index contributed by atoms with van der Waals surface area (Å²) in [7, 11) is 2.64. The Kier molecular flexibility index (Phi) is 15.7. The van der Waals surface area contributed by atoms with Crippen LogP contribution < -0.4 is 10.2 Å². The van der Waals surface area contributed by atoms with Gasteiger partial charge in [-0.3, -0.25) is 0 Å². The summed E-state index contributed by atoms with van der Waals surface area (Å²) in [6.07, 6.45) is -1.58. The molecule has 0 bridgehead atoms. The van der Waals surface area contributed by atoms with E-state index in [9.17, 15) is 19.8 Å². The fraction of sp³-hybridized carbons (Fsp3) is 0.750. The topological polar surface area (TPSA) is 98.7 Å². The monoisotopic (exact) mass is 230 g/mol. The molecule has 6 nitrogen and oxygen atoms in total. The smallest absolute Gasteiger partial charge is 0.547 e. The minimum atomic E-state index is -1.18. The molecule has 0 aromatic rings. The van der Waals surface area contributed by atoms with E-state index in [0.717, 1.165) is 0 Å². The SMILES string of the molecule is CO[C@H](C)C(=O)[O-].CO[C@H](C)C(=O)[O-].[Mg+2]. The van der Waals surface area contributed by atoms with Crippen molar-refractivity contribution in [2.75, 3.05) is 14.2 Å². The first-order chi connectivity index (χ1) is 6.36. The van der Waals surface area contributed by atoms with E-state index in [1.165, 1.54) is 28.1 Å². The maximum absolute atomic E-state index is 9.69. The van der Waals surface area contributed by atoms with Gasteiger partial charge in [-0.25, -0.2) is 0 Å². The van der Waals surface area contributed by atoms with E-state index in [2.05, 4.69) is 9.47 Å². The summed E-state index contributed by atoms with van der Waals surface area (Å²) in [6.45, 7) is 2.82. The second-order valence-electron chi connectivity index (χ2n) is 2.39. The van der Waals surface area contributed by atoms with Crippen molar-refractivity contribution in [2.45, 2.75) is 26.1 Å². The molecule has 0 aromatic carbocycles. The Morgan fingerprint density at radius 1 is 0.933 bits per heavy atom. The molecule has 7 heteroatoms. The largest absolute Gasteiger partial charge is 2.00 e. The van der Waals surface area contributed by atoms with Crippen molar-refractivity contribution in [1.82, 2.24) is 0 Å². The number of carboxylic acid groups (broad SMARTS) is 2. The van der Waals surface area contributed by atoms with Crippen LogP contribution >= 0.6 is 0 Å². The molecule has 0 amide bonds. The third kappa shape index (κ3) is 13.6. The van der Waals surface area contributed by atoms with Gasteiger partial charge < -0.3 is 29.3 Å². The van der Waals surface area contributed by atoms with E-state index in [4.69, 9.17) is 0 Å². The van der Waals surface area contributed by atoms with Crippen LogP contribution in [0.2, 0.25) is 0 Å². The van der Waals surface area contributed by atoms with Crippen molar-refractivity contribution in [3.8, 4) is 0 Å². The van der Waals surface area contributed by atoms with Crippen LogP contribution in [-0.2, 0) is 19.1 Å². The van der Waals surface area contributed by atoms with Gasteiger partial charge in [0.15, 0.2) is 0 Å². The summed E-state index contributed by atoms with van der Waals surface area (Å²) in [5.74, 6) is -2.36. The van der Waals surface area contributed by atoms with Gasteiger partial charge in [-0.05, 0) is 13.8 Å². The molecule has 0 aromatic heterocycles. The number of aliphatic carboxylic acids is 2. The molecule has 0 radical (unpaired) electrons. The van der Waals surface area contributed by atoms with Crippen LogP contribution in [0.3, 0.4) is 0 Å². The zero-order valence-electron chi connectivity index (χ0n) is 9.31. The van der Waals surface area contributed by atoms with Gasteiger partial charge >= 0.3 is 23.1 Å². The number of hydrogen-bond donors (Lipinski definition) is 0. The zero-order valence-corrected chi connectivity index (χ0v) is 10.7. The van der Waals surface area contributed by atoms with E-state index in [0.29, 0.717) is 0 Å². The Hall–Kier alpha value is -0.374. The maximum Gasteiger partial charge on any atom is 2.00 e. The third-order valence-corrected chi connectivity index (χ3v) is 1.37. The molecule has 0 aliphatic carbocycles. The predicted octanol–water partition coefficient (Wildman–Crippen LogP) is -2.84. The molecule has 0 unspecified atom stereocenters. The standard InChI is InChI=1S/2C4H8O3.Mg/c2*1-3(7-2)4(5)6;/h2*3H,1-2H3,(H,5,6);/q;;+2/p-2/t2*3-;/m11./s1. The number of carbonyl (C=O) groups is 2. The van der Waals surface area contributed by atoms with Crippen molar-refractivity contribution in [1.29, 1.82) is 0 Å². The average molecular weight is 230 g/mol. The van der Waals surface area contributed by atoms with Gasteiger partial charge in [0, 0.05) is 14.2 Å². The molecule has 0 N–H and O–H groups in total. The summed E-state index contributed by atoms with van der Waals surface area (Å²) in [4.78, 5) is 19.4. The molecular formula is C8H14MgO6.